The maximum absolute atomic E-state index is 11.9. The van der Waals surface area contributed by atoms with Crippen LogP contribution in [0.3, 0.4) is 0 Å². The van der Waals surface area contributed by atoms with Gasteiger partial charge in [-0.15, -0.1) is 0 Å². The lowest BCUT2D eigenvalue weighted by Crippen LogP contribution is -2.33. The molecule has 1 saturated heterocycles. The molecule has 0 bridgehead atoms. The number of carbonyl (C=O) groups excluding carboxylic acids is 1. The van der Waals surface area contributed by atoms with Crippen molar-refractivity contribution in [2.75, 3.05) is 6.61 Å². The molecule has 2 aliphatic rings. The first-order valence-corrected chi connectivity index (χ1v) is 6.83. The summed E-state index contributed by atoms with van der Waals surface area (Å²) in [6.07, 6.45) is 8.75. The Morgan fingerprint density at radius 2 is 2.29 bits per heavy atom. The zero-order valence-electron chi connectivity index (χ0n) is 10.4. The van der Waals surface area contributed by atoms with Gasteiger partial charge < -0.3 is 4.74 Å². The van der Waals surface area contributed by atoms with Gasteiger partial charge in [-0.25, -0.2) is 0 Å². The van der Waals surface area contributed by atoms with Crippen molar-refractivity contribution in [3.8, 4) is 6.07 Å². The van der Waals surface area contributed by atoms with Crippen LogP contribution in [0.25, 0.3) is 0 Å². The molecule has 1 aliphatic heterocycles. The van der Waals surface area contributed by atoms with Crippen molar-refractivity contribution >= 4 is 5.78 Å². The fourth-order valence-corrected chi connectivity index (χ4v) is 3.03. The normalized spacial score (nSPS) is 33.6. The van der Waals surface area contributed by atoms with Crippen molar-refractivity contribution in [1.82, 2.24) is 0 Å². The molecular weight excluding hydrogens is 214 g/mol. The molecule has 1 heterocycles. The van der Waals surface area contributed by atoms with Crippen molar-refractivity contribution in [2.45, 2.75) is 63.9 Å². The average molecular weight is 235 g/mol. The maximum atomic E-state index is 11.9. The lowest BCUT2D eigenvalue weighted by Gasteiger charge is -2.29. The molecule has 0 spiro atoms. The predicted molar refractivity (Wildman–Crippen MR) is 64.3 cm³/mol. The number of hydrogen-bond acceptors (Lipinski definition) is 3. The van der Waals surface area contributed by atoms with Crippen molar-refractivity contribution in [1.29, 1.82) is 5.26 Å². The van der Waals surface area contributed by atoms with E-state index in [2.05, 4.69) is 6.07 Å². The molecule has 0 amide bonds. The number of ether oxygens (including phenoxy) is 1. The van der Waals surface area contributed by atoms with E-state index >= 15 is 0 Å². The van der Waals surface area contributed by atoms with E-state index in [1.54, 1.807) is 0 Å². The summed E-state index contributed by atoms with van der Waals surface area (Å²) >= 11 is 0. The van der Waals surface area contributed by atoms with Crippen LogP contribution in [0, 0.1) is 16.7 Å². The van der Waals surface area contributed by atoms with Gasteiger partial charge in [0.15, 0.2) is 5.78 Å². The van der Waals surface area contributed by atoms with Gasteiger partial charge >= 0.3 is 0 Å². The van der Waals surface area contributed by atoms with Crippen LogP contribution in [-0.4, -0.2) is 18.5 Å². The lowest BCUT2D eigenvalue weighted by atomic mass is 9.71. The SMILES string of the molecule is N#CC1(CCCC2CCCO2)CCCCC1=O. The average Bonchev–Trinajstić information content (AvgIpc) is 2.85. The number of nitrogens with zero attached hydrogens (tertiary/aromatic N) is 1. The highest BCUT2D eigenvalue weighted by atomic mass is 16.5. The standard InChI is InChI=1S/C14H21NO2/c15-11-14(8-2-1-7-13(14)16)9-3-5-12-6-4-10-17-12/h12H,1-10H2. The van der Waals surface area contributed by atoms with Crippen LogP contribution in [0.1, 0.15) is 57.8 Å². The molecule has 3 heteroatoms. The van der Waals surface area contributed by atoms with Crippen molar-refractivity contribution in [3.63, 3.8) is 0 Å². The van der Waals surface area contributed by atoms with Crippen LogP contribution >= 0.6 is 0 Å². The van der Waals surface area contributed by atoms with E-state index in [1.165, 1.54) is 0 Å². The summed E-state index contributed by atoms with van der Waals surface area (Å²) in [4.78, 5) is 11.9. The predicted octanol–water partition coefficient (Wildman–Crippen LogP) is 2.99. The first kappa shape index (κ1) is 12.6. The smallest absolute Gasteiger partial charge is 0.153 e. The molecule has 1 saturated carbocycles. The minimum Gasteiger partial charge on any atom is -0.378 e. The largest absolute Gasteiger partial charge is 0.378 e. The highest BCUT2D eigenvalue weighted by Gasteiger charge is 2.39. The van der Waals surface area contributed by atoms with Crippen LogP contribution in [-0.2, 0) is 9.53 Å². The molecule has 94 valence electrons. The van der Waals surface area contributed by atoms with E-state index in [9.17, 15) is 10.1 Å². The van der Waals surface area contributed by atoms with Crippen LogP contribution < -0.4 is 0 Å². The molecule has 17 heavy (non-hydrogen) atoms. The molecule has 2 atom stereocenters. The van der Waals surface area contributed by atoms with Gasteiger partial charge in [0.05, 0.1) is 12.2 Å². The van der Waals surface area contributed by atoms with Crippen LogP contribution in [0.2, 0.25) is 0 Å². The second kappa shape index (κ2) is 5.64. The second-order valence-corrected chi connectivity index (χ2v) is 5.35. The number of Topliss-reactive ketones (excluding diaryl/α,β-unsaturated/α-hetero) is 1. The van der Waals surface area contributed by atoms with Gasteiger partial charge in [0.25, 0.3) is 0 Å². The summed E-state index contributed by atoms with van der Waals surface area (Å²) in [6, 6.07) is 2.30. The molecule has 0 N–H and O–H groups in total. The summed E-state index contributed by atoms with van der Waals surface area (Å²) in [6.45, 7) is 0.882. The summed E-state index contributed by atoms with van der Waals surface area (Å²) in [5.41, 5.74) is -0.656. The zero-order valence-corrected chi connectivity index (χ0v) is 10.4. The molecule has 0 radical (unpaired) electrons. The fourth-order valence-electron chi connectivity index (χ4n) is 3.03. The van der Waals surface area contributed by atoms with E-state index in [0.29, 0.717) is 12.5 Å². The molecule has 2 unspecified atom stereocenters. The Bertz CT molecular complexity index is 315. The molecule has 0 aromatic carbocycles. The third kappa shape index (κ3) is 2.87. The highest BCUT2D eigenvalue weighted by molar-refractivity contribution is 5.88. The Kier molecular flexibility index (Phi) is 4.17. The summed E-state index contributed by atoms with van der Waals surface area (Å²) in [7, 11) is 0. The third-order valence-corrected chi connectivity index (χ3v) is 4.16. The van der Waals surface area contributed by atoms with Crippen LogP contribution in [0.15, 0.2) is 0 Å². The molecule has 1 aliphatic carbocycles. The highest BCUT2D eigenvalue weighted by Crippen LogP contribution is 2.37. The Hall–Kier alpha value is -0.880. The van der Waals surface area contributed by atoms with Crippen molar-refractivity contribution < 1.29 is 9.53 Å². The van der Waals surface area contributed by atoms with Crippen molar-refractivity contribution in [2.24, 2.45) is 5.41 Å². The monoisotopic (exact) mass is 235 g/mol. The van der Waals surface area contributed by atoms with Crippen LogP contribution in [0.5, 0.6) is 0 Å². The molecular formula is C14H21NO2. The summed E-state index contributed by atoms with van der Waals surface area (Å²) in [5, 5.41) is 9.30. The van der Waals surface area contributed by atoms with Crippen LogP contribution in [0.4, 0.5) is 0 Å². The first-order chi connectivity index (χ1) is 8.27. The van der Waals surface area contributed by atoms with Crippen molar-refractivity contribution in [3.05, 3.63) is 0 Å². The van der Waals surface area contributed by atoms with E-state index in [4.69, 9.17) is 4.74 Å². The van der Waals surface area contributed by atoms with Gasteiger partial charge in [-0.1, -0.05) is 6.42 Å². The van der Waals surface area contributed by atoms with Gasteiger partial charge in [0, 0.05) is 13.0 Å². The van der Waals surface area contributed by atoms with Gasteiger partial charge in [-0.2, -0.15) is 5.26 Å². The van der Waals surface area contributed by atoms with Gasteiger partial charge in [0.1, 0.15) is 5.41 Å². The van der Waals surface area contributed by atoms with E-state index in [1.807, 2.05) is 0 Å². The third-order valence-electron chi connectivity index (χ3n) is 4.16. The fraction of sp³-hybridized carbons (Fsp3) is 0.857. The molecule has 2 fully saturated rings. The molecule has 0 aromatic heterocycles. The minimum atomic E-state index is -0.656. The summed E-state index contributed by atoms with van der Waals surface area (Å²) < 4.78 is 5.57. The number of nitriles is 1. The number of rotatable bonds is 4. The Labute approximate surface area is 103 Å². The summed E-state index contributed by atoms with van der Waals surface area (Å²) in [5.74, 6) is 0.179. The second-order valence-electron chi connectivity index (χ2n) is 5.35. The Balaban J connectivity index is 1.82. The molecule has 3 nitrogen and oxygen atoms in total. The quantitative estimate of drug-likeness (QED) is 0.752. The number of carbonyl (C=O) groups is 1. The lowest BCUT2D eigenvalue weighted by molar-refractivity contribution is -0.128. The van der Waals surface area contributed by atoms with Gasteiger partial charge in [-0.05, 0) is 44.9 Å². The molecule has 2 rings (SSSR count). The Morgan fingerprint density at radius 3 is 2.94 bits per heavy atom. The number of ketones is 1. The first-order valence-electron chi connectivity index (χ1n) is 6.83. The zero-order chi connectivity index (χ0) is 12.1. The maximum Gasteiger partial charge on any atom is 0.153 e. The van der Waals surface area contributed by atoms with E-state index in [0.717, 1.165) is 58.0 Å². The van der Waals surface area contributed by atoms with E-state index in [-0.39, 0.29) is 5.78 Å². The topological polar surface area (TPSA) is 50.1 Å². The minimum absolute atomic E-state index is 0.179. The van der Waals surface area contributed by atoms with Gasteiger partial charge in [0.2, 0.25) is 0 Å². The van der Waals surface area contributed by atoms with E-state index < -0.39 is 5.41 Å². The number of hydrogen-bond donors (Lipinski definition) is 0. The molecule has 0 aromatic rings. The van der Waals surface area contributed by atoms with Gasteiger partial charge in [-0.3, -0.25) is 4.79 Å². The Morgan fingerprint density at radius 1 is 1.41 bits per heavy atom.